The molecule has 136 valence electrons. The highest BCUT2D eigenvalue weighted by atomic mass is 19.4. The van der Waals surface area contributed by atoms with Crippen molar-refractivity contribution in [3.8, 4) is 17.3 Å². The van der Waals surface area contributed by atoms with Gasteiger partial charge in [0.05, 0.1) is 18.4 Å². The molecular formula is C17H14F3N3O3. The standard InChI is InChI=1S/C17H14F3N3O3/c1-11-8-21-7-6-12(11)9-22-10-15(24)23(16(22)25)13-2-4-14(5-3-13)26-17(18,19)20/h2-8,10,24H,9H2,1H3. The van der Waals surface area contributed by atoms with Gasteiger partial charge in [-0.15, -0.1) is 13.2 Å². The van der Waals surface area contributed by atoms with E-state index >= 15 is 0 Å². The molecule has 0 aliphatic carbocycles. The lowest BCUT2D eigenvalue weighted by Gasteiger charge is -2.09. The third-order valence-electron chi connectivity index (χ3n) is 3.74. The van der Waals surface area contributed by atoms with Crippen molar-refractivity contribution in [2.45, 2.75) is 19.8 Å². The van der Waals surface area contributed by atoms with Crippen molar-refractivity contribution in [2.75, 3.05) is 0 Å². The average molecular weight is 365 g/mol. The topological polar surface area (TPSA) is 69.3 Å². The van der Waals surface area contributed by atoms with Crippen LogP contribution in [0.15, 0.2) is 53.7 Å². The fourth-order valence-corrected chi connectivity index (χ4v) is 2.49. The van der Waals surface area contributed by atoms with Crippen LogP contribution >= 0.6 is 0 Å². The summed E-state index contributed by atoms with van der Waals surface area (Å²) in [4.78, 5) is 16.5. The highest BCUT2D eigenvalue weighted by molar-refractivity contribution is 5.40. The van der Waals surface area contributed by atoms with Crippen molar-refractivity contribution in [1.29, 1.82) is 0 Å². The van der Waals surface area contributed by atoms with Crippen LogP contribution in [0.3, 0.4) is 0 Å². The van der Waals surface area contributed by atoms with Gasteiger partial charge in [0, 0.05) is 12.4 Å². The average Bonchev–Trinajstić information content (AvgIpc) is 2.83. The molecule has 26 heavy (non-hydrogen) atoms. The maximum atomic E-state index is 12.6. The second kappa shape index (κ2) is 6.58. The molecule has 0 saturated carbocycles. The van der Waals surface area contributed by atoms with E-state index in [4.69, 9.17) is 0 Å². The van der Waals surface area contributed by atoms with Crippen LogP contribution in [0.1, 0.15) is 11.1 Å². The molecule has 3 rings (SSSR count). The van der Waals surface area contributed by atoms with E-state index in [9.17, 15) is 23.1 Å². The van der Waals surface area contributed by atoms with Gasteiger partial charge in [-0.3, -0.25) is 9.55 Å². The molecule has 1 N–H and O–H groups in total. The number of hydrogen-bond donors (Lipinski definition) is 1. The Labute approximate surface area is 145 Å². The van der Waals surface area contributed by atoms with Crippen molar-refractivity contribution in [3.63, 3.8) is 0 Å². The summed E-state index contributed by atoms with van der Waals surface area (Å²) in [5, 5.41) is 10.1. The molecule has 0 aliphatic heterocycles. The highest BCUT2D eigenvalue weighted by Gasteiger charge is 2.31. The van der Waals surface area contributed by atoms with Crippen molar-refractivity contribution < 1.29 is 23.0 Å². The van der Waals surface area contributed by atoms with Crippen LogP contribution < -0.4 is 10.4 Å². The molecule has 0 fully saturated rings. The van der Waals surface area contributed by atoms with E-state index in [0.717, 1.165) is 27.8 Å². The van der Waals surface area contributed by atoms with Gasteiger partial charge in [-0.2, -0.15) is 0 Å². The van der Waals surface area contributed by atoms with E-state index in [1.807, 2.05) is 6.92 Å². The minimum atomic E-state index is -4.80. The molecule has 0 amide bonds. The maximum absolute atomic E-state index is 12.6. The summed E-state index contributed by atoms with van der Waals surface area (Å²) in [5.74, 6) is -0.744. The normalized spacial score (nSPS) is 11.5. The Bertz CT molecular complexity index is 975. The number of halogens is 3. The van der Waals surface area contributed by atoms with Gasteiger partial charge in [0.1, 0.15) is 5.75 Å². The first-order valence-electron chi connectivity index (χ1n) is 7.51. The number of imidazole rings is 1. The summed E-state index contributed by atoms with van der Waals surface area (Å²) in [7, 11) is 0. The molecule has 3 aromatic rings. The number of alkyl halides is 3. The third-order valence-corrected chi connectivity index (χ3v) is 3.74. The van der Waals surface area contributed by atoms with Crippen molar-refractivity contribution in [1.82, 2.24) is 14.1 Å². The Morgan fingerprint density at radius 3 is 2.50 bits per heavy atom. The maximum Gasteiger partial charge on any atom is 0.573 e. The van der Waals surface area contributed by atoms with E-state index in [1.165, 1.54) is 22.9 Å². The van der Waals surface area contributed by atoms with Gasteiger partial charge in [-0.25, -0.2) is 9.36 Å². The van der Waals surface area contributed by atoms with Gasteiger partial charge in [-0.05, 0) is 48.4 Å². The largest absolute Gasteiger partial charge is 0.573 e. The minimum Gasteiger partial charge on any atom is -0.493 e. The van der Waals surface area contributed by atoms with Gasteiger partial charge in [-0.1, -0.05) is 0 Å². The predicted molar refractivity (Wildman–Crippen MR) is 86.5 cm³/mol. The first-order valence-corrected chi connectivity index (χ1v) is 7.51. The fourth-order valence-electron chi connectivity index (χ4n) is 2.49. The van der Waals surface area contributed by atoms with Gasteiger partial charge in [0.25, 0.3) is 0 Å². The molecule has 9 heteroatoms. The molecule has 0 atom stereocenters. The number of hydrogen-bond acceptors (Lipinski definition) is 4. The summed E-state index contributed by atoms with van der Waals surface area (Å²) in [6.45, 7) is 2.08. The Kier molecular flexibility index (Phi) is 4.45. The SMILES string of the molecule is Cc1cnccc1Cn1cc(O)n(-c2ccc(OC(F)(F)F)cc2)c1=O. The quantitative estimate of drug-likeness (QED) is 0.772. The van der Waals surface area contributed by atoms with Crippen molar-refractivity contribution in [3.05, 3.63) is 70.5 Å². The monoisotopic (exact) mass is 365 g/mol. The molecular weight excluding hydrogens is 351 g/mol. The Balaban J connectivity index is 1.91. The summed E-state index contributed by atoms with van der Waals surface area (Å²) in [6.07, 6.45) is -0.269. The molecule has 0 unspecified atom stereocenters. The molecule has 0 saturated heterocycles. The lowest BCUT2D eigenvalue weighted by Crippen LogP contribution is -2.23. The van der Waals surface area contributed by atoms with Crippen LogP contribution in [-0.4, -0.2) is 25.6 Å². The third kappa shape index (κ3) is 3.71. The van der Waals surface area contributed by atoms with Gasteiger partial charge in [0.2, 0.25) is 5.88 Å². The number of aromatic nitrogens is 3. The number of ether oxygens (including phenoxy) is 1. The number of aryl methyl sites for hydroxylation is 1. The minimum absolute atomic E-state index is 0.215. The molecule has 6 nitrogen and oxygen atoms in total. The summed E-state index contributed by atoms with van der Waals surface area (Å²) in [6, 6.07) is 6.41. The molecule has 2 aromatic heterocycles. The molecule has 1 aromatic carbocycles. The second-order valence-electron chi connectivity index (χ2n) is 5.58. The van der Waals surface area contributed by atoms with E-state index < -0.39 is 17.8 Å². The van der Waals surface area contributed by atoms with Gasteiger partial charge >= 0.3 is 12.1 Å². The zero-order valence-corrected chi connectivity index (χ0v) is 13.6. The Morgan fingerprint density at radius 2 is 1.88 bits per heavy atom. The molecule has 2 heterocycles. The van der Waals surface area contributed by atoms with Crippen LogP contribution in [0.25, 0.3) is 5.69 Å². The number of pyridine rings is 1. The zero-order chi connectivity index (χ0) is 18.9. The van der Waals surface area contributed by atoms with Crippen LogP contribution in [0.5, 0.6) is 11.6 Å². The van der Waals surface area contributed by atoms with Crippen LogP contribution in [0.2, 0.25) is 0 Å². The highest BCUT2D eigenvalue weighted by Crippen LogP contribution is 2.24. The number of aromatic hydroxyl groups is 1. The van der Waals surface area contributed by atoms with Gasteiger partial charge < -0.3 is 9.84 Å². The van der Waals surface area contributed by atoms with E-state index in [1.54, 1.807) is 18.5 Å². The van der Waals surface area contributed by atoms with Crippen LogP contribution in [-0.2, 0) is 6.54 Å². The van der Waals surface area contributed by atoms with Crippen LogP contribution in [0, 0.1) is 6.92 Å². The molecule has 0 aliphatic rings. The van der Waals surface area contributed by atoms with E-state index in [0.29, 0.717) is 0 Å². The lowest BCUT2D eigenvalue weighted by atomic mass is 10.1. The predicted octanol–water partition coefficient (Wildman–Crippen LogP) is 2.99. The Hall–Kier alpha value is -3.23. The van der Waals surface area contributed by atoms with Crippen molar-refractivity contribution in [2.24, 2.45) is 0 Å². The number of rotatable bonds is 4. The summed E-state index contributed by atoms with van der Waals surface area (Å²) in [5.41, 5.74) is 1.43. The van der Waals surface area contributed by atoms with Crippen LogP contribution in [0.4, 0.5) is 13.2 Å². The Morgan fingerprint density at radius 1 is 1.19 bits per heavy atom. The number of nitrogens with zero attached hydrogens (tertiary/aromatic N) is 3. The molecule has 0 radical (unpaired) electrons. The number of benzene rings is 1. The first-order chi connectivity index (χ1) is 12.2. The molecule has 0 spiro atoms. The first kappa shape index (κ1) is 17.6. The van der Waals surface area contributed by atoms with E-state index in [-0.39, 0.29) is 18.1 Å². The lowest BCUT2D eigenvalue weighted by molar-refractivity contribution is -0.274. The molecule has 0 bridgehead atoms. The van der Waals surface area contributed by atoms with Gasteiger partial charge in [0.15, 0.2) is 0 Å². The second-order valence-corrected chi connectivity index (χ2v) is 5.58. The smallest absolute Gasteiger partial charge is 0.493 e. The van der Waals surface area contributed by atoms with Crippen molar-refractivity contribution >= 4 is 0 Å². The zero-order valence-electron chi connectivity index (χ0n) is 13.6. The summed E-state index contributed by atoms with van der Waals surface area (Å²) >= 11 is 0. The summed E-state index contributed by atoms with van der Waals surface area (Å²) < 4.78 is 42.7. The van der Waals surface area contributed by atoms with E-state index in [2.05, 4.69) is 9.72 Å². The fraction of sp³-hybridized carbons (Fsp3) is 0.176.